The van der Waals surface area contributed by atoms with Gasteiger partial charge in [0.05, 0.1) is 11.6 Å². The molecule has 2 unspecified atom stereocenters. The van der Waals surface area contributed by atoms with Crippen LogP contribution in [0.25, 0.3) is 0 Å². The van der Waals surface area contributed by atoms with Crippen molar-refractivity contribution in [2.24, 2.45) is 0 Å². The molecule has 1 saturated heterocycles. The van der Waals surface area contributed by atoms with Crippen LogP contribution in [-0.2, 0) is 0 Å². The van der Waals surface area contributed by atoms with Gasteiger partial charge in [-0.15, -0.1) is 0 Å². The summed E-state index contributed by atoms with van der Waals surface area (Å²) in [6.45, 7) is 3.66. The summed E-state index contributed by atoms with van der Waals surface area (Å²) in [6.07, 6.45) is 0. The highest BCUT2D eigenvalue weighted by Crippen LogP contribution is 2.24. The zero-order chi connectivity index (χ0) is 12.4. The van der Waals surface area contributed by atoms with Crippen LogP contribution in [0.15, 0.2) is 18.2 Å². The molecule has 1 aromatic rings. The number of hydrogen-bond acceptors (Lipinski definition) is 3. The Hall–Kier alpha value is -0.840. The largest absolute Gasteiger partial charge is 0.395 e. The third kappa shape index (κ3) is 2.89. The van der Waals surface area contributed by atoms with Gasteiger partial charge in [-0.2, -0.15) is 0 Å². The van der Waals surface area contributed by atoms with E-state index in [4.69, 9.17) is 11.6 Å². The average molecular weight is 259 g/mol. The third-order valence-corrected chi connectivity index (χ3v) is 3.23. The summed E-state index contributed by atoms with van der Waals surface area (Å²) in [5, 5.41) is 12.6. The van der Waals surface area contributed by atoms with Crippen molar-refractivity contribution >= 4 is 17.3 Å². The highest BCUT2D eigenvalue weighted by atomic mass is 35.5. The Morgan fingerprint density at radius 3 is 2.94 bits per heavy atom. The first-order valence-electron chi connectivity index (χ1n) is 5.67. The Morgan fingerprint density at radius 2 is 2.29 bits per heavy atom. The van der Waals surface area contributed by atoms with E-state index in [0.29, 0.717) is 6.54 Å². The van der Waals surface area contributed by atoms with Gasteiger partial charge < -0.3 is 15.3 Å². The molecule has 1 aliphatic rings. The van der Waals surface area contributed by atoms with Crippen molar-refractivity contribution in [1.29, 1.82) is 0 Å². The summed E-state index contributed by atoms with van der Waals surface area (Å²) in [6, 6.07) is 5.04. The van der Waals surface area contributed by atoms with E-state index < -0.39 is 5.82 Å². The Balaban J connectivity index is 2.17. The smallest absolute Gasteiger partial charge is 0.141 e. The zero-order valence-corrected chi connectivity index (χ0v) is 10.4. The molecule has 2 N–H and O–H groups in total. The third-order valence-electron chi connectivity index (χ3n) is 2.94. The lowest BCUT2D eigenvalue weighted by atomic mass is 10.1. The normalized spacial score (nSPS) is 25.1. The van der Waals surface area contributed by atoms with E-state index in [0.717, 1.165) is 12.2 Å². The number of hydrogen-bond donors (Lipinski definition) is 2. The van der Waals surface area contributed by atoms with Crippen molar-refractivity contribution in [3.8, 4) is 0 Å². The molecule has 0 aliphatic carbocycles. The van der Waals surface area contributed by atoms with Gasteiger partial charge in [0.15, 0.2) is 0 Å². The molecule has 1 aromatic carbocycles. The molecule has 1 heterocycles. The van der Waals surface area contributed by atoms with Crippen LogP contribution in [0.5, 0.6) is 0 Å². The second kappa shape index (κ2) is 5.21. The number of aliphatic hydroxyl groups is 1. The molecular formula is C12H16ClFN2O. The lowest BCUT2D eigenvalue weighted by Gasteiger charge is -2.38. The standard InChI is InChI=1S/C12H16ClFN2O/c1-8-5-16(6-9(7-17)15-8)10-2-3-12(14)11(13)4-10/h2-4,8-9,15,17H,5-7H2,1H3. The van der Waals surface area contributed by atoms with E-state index >= 15 is 0 Å². The minimum atomic E-state index is -0.405. The molecule has 0 spiro atoms. The Kier molecular flexibility index (Phi) is 3.86. The molecule has 94 valence electrons. The van der Waals surface area contributed by atoms with Crippen molar-refractivity contribution in [3.63, 3.8) is 0 Å². The predicted molar refractivity (Wildman–Crippen MR) is 67.1 cm³/mol. The maximum absolute atomic E-state index is 13.1. The molecule has 0 aromatic heterocycles. The molecule has 2 atom stereocenters. The van der Waals surface area contributed by atoms with Crippen LogP contribution in [0, 0.1) is 5.82 Å². The minimum absolute atomic E-state index is 0.0441. The van der Waals surface area contributed by atoms with Gasteiger partial charge in [-0.3, -0.25) is 0 Å². The first-order chi connectivity index (χ1) is 8.10. The van der Waals surface area contributed by atoms with Gasteiger partial charge in [0.2, 0.25) is 0 Å². The van der Waals surface area contributed by atoms with E-state index in [1.165, 1.54) is 6.07 Å². The fourth-order valence-electron chi connectivity index (χ4n) is 2.18. The quantitative estimate of drug-likeness (QED) is 0.847. The number of anilines is 1. The predicted octanol–water partition coefficient (Wildman–Crippen LogP) is 1.64. The molecule has 0 saturated carbocycles. The van der Waals surface area contributed by atoms with Gasteiger partial charge in [-0.25, -0.2) is 4.39 Å². The summed E-state index contributed by atoms with van der Waals surface area (Å²) in [5.41, 5.74) is 0.892. The first kappa shape index (κ1) is 12.6. The van der Waals surface area contributed by atoms with E-state index in [1.54, 1.807) is 12.1 Å². The van der Waals surface area contributed by atoms with Crippen molar-refractivity contribution in [2.75, 3.05) is 24.6 Å². The van der Waals surface area contributed by atoms with Gasteiger partial charge in [0.25, 0.3) is 0 Å². The Labute approximate surface area is 105 Å². The maximum Gasteiger partial charge on any atom is 0.141 e. The lowest BCUT2D eigenvalue weighted by molar-refractivity contribution is 0.221. The van der Waals surface area contributed by atoms with Crippen LogP contribution < -0.4 is 10.2 Å². The van der Waals surface area contributed by atoms with Crippen molar-refractivity contribution in [1.82, 2.24) is 5.32 Å². The van der Waals surface area contributed by atoms with E-state index in [2.05, 4.69) is 17.1 Å². The van der Waals surface area contributed by atoms with Crippen LogP contribution in [-0.4, -0.2) is 36.9 Å². The van der Waals surface area contributed by atoms with Gasteiger partial charge in [0.1, 0.15) is 5.82 Å². The number of nitrogens with one attached hydrogen (secondary N) is 1. The molecule has 1 aliphatic heterocycles. The molecular weight excluding hydrogens is 243 g/mol. The Morgan fingerprint density at radius 1 is 1.53 bits per heavy atom. The second-order valence-electron chi connectivity index (χ2n) is 4.45. The number of rotatable bonds is 2. The first-order valence-corrected chi connectivity index (χ1v) is 6.05. The lowest BCUT2D eigenvalue weighted by Crippen LogP contribution is -2.56. The SMILES string of the molecule is CC1CN(c2ccc(F)c(Cl)c2)CC(CO)N1. The molecule has 0 radical (unpaired) electrons. The van der Waals surface area contributed by atoms with Crippen LogP contribution >= 0.6 is 11.6 Å². The van der Waals surface area contributed by atoms with Crippen molar-refractivity contribution < 1.29 is 9.50 Å². The molecule has 2 rings (SSSR count). The highest BCUT2D eigenvalue weighted by Gasteiger charge is 2.23. The summed E-state index contributed by atoms with van der Waals surface area (Å²) >= 11 is 5.77. The average Bonchev–Trinajstić information content (AvgIpc) is 2.32. The molecule has 17 heavy (non-hydrogen) atoms. The highest BCUT2D eigenvalue weighted by molar-refractivity contribution is 6.31. The van der Waals surface area contributed by atoms with Crippen LogP contribution in [0.1, 0.15) is 6.92 Å². The molecule has 0 amide bonds. The molecule has 0 bridgehead atoms. The van der Waals surface area contributed by atoms with Crippen LogP contribution in [0.2, 0.25) is 5.02 Å². The van der Waals surface area contributed by atoms with E-state index in [-0.39, 0.29) is 23.7 Å². The summed E-state index contributed by atoms with van der Waals surface area (Å²) in [5.74, 6) is -0.405. The zero-order valence-electron chi connectivity index (χ0n) is 9.66. The Bertz CT molecular complexity index is 402. The minimum Gasteiger partial charge on any atom is -0.395 e. The summed E-state index contributed by atoms with van der Waals surface area (Å²) in [7, 11) is 0. The number of benzene rings is 1. The second-order valence-corrected chi connectivity index (χ2v) is 4.86. The monoisotopic (exact) mass is 258 g/mol. The topological polar surface area (TPSA) is 35.5 Å². The molecule has 3 nitrogen and oxygen atoms in total. The molecule has 1 fully saturated rings. The van der Waals surface area contributed by atoms with E-state index in [1.807, 2.05) is 0 Å². The van der Waals surface area contributed by atoms with Gasteiger partial charge in [-0.05, 0) is 25.1 Å². The number of aliphatic hydroxyl groups excluding tert-OH is 1. The van der Waals surface area contributed by atoms with Gasteiger partial charge >= 0.3 is 0 Å². The number of nitrogens with zero attached hydrogens (tertiary/aromatic N) is 1. The summed E-state index contributed by atoms with van der Waals surface area (Å²) in [4.78, 5) is 2.10. The maximum atomic E-state index is 13.1. The molecule has 5 heteroatoms. The van der Waals surface area contributed by atoms with Crippen LogP contribution in [0.4, 0.5) is 10.1 Å². The number of halogens is 2. The van der Waals surface area contributed by atoms with E-state index in [9.17, 15) is 9.50 Å². The fourth-order valence-corrected chi connectivity index (χ4v) is 2.36. The summed E-state index contributed by atoms with van der Waals surface area (Å²) < 4.78 is 13.1. The number of piperazine rings is 1. The van der Waals surface area contributed by atoms with Gasteiger partial charge in [-0.1, -0.05) is 11.6 Å². The van der Waals surface area contributed by atoms with Crippen molar-refractivity contribution in [3.05, 3.63) is 29.0 Å². The van der Waals surface area contributed by atoms with Crippen LogP contribution in [0.3, 0.4) is 0 Å². The van der Waals surface area contributed by atoms with Gasteiger partial charge in [0, 0.05) is 30.9 Å². The fraction of sp³-hybridized carbons (Fsp3) is 0.500. The van der Waals surface area contributed by atoms with Crippen molar-refractivity contribution in [2.45, 2.75) is 19.0 Å².